The quantitative estimate of drug-likeness (QED) is 0.820. The van der Waals surface area contributed by atoms with Crippen molar-refractivity contribution >= 4 is 21.4 Å². The normalized spacial score (nSPS) is 22.5. The number of benzene rings is 1. The number of carbonyl (C=O) groups is 1. The zero-order valence-corrected chi connectivity index (χ0v) is 18.1. The lowest BCUT2D eigenvalue weighted by atomic mass is 9.87. The fourth-order valence-corrected chi connectivity index (χ4v) is 5.12. The van der Waals surface area contributed by atoms with E-state index in [0.717, 1.165) is 19.6 Å². The first kappa shape index (κ1) is 21.2. The molecule has 0 bridgehead atoms. The summed E-state index contributed by atoms with van der Waals surface area (Å²) in [5, 5.41) is 2.61. The Morgan fingerprint density at radius 1 is 1.36 bits per heavy atom. The Labute approximate surface area is 167 Å². The smallest absolute Gasteiger partial charge is 0.241 e. The molecule has 1 fully saturated rings. The summed E-state index contributed by atoms with van der Waals surface area (Å²) < 4.78 is 39.9. The fraction of sp³-hybridized carbons (Fsp3) is 0.650. The van der Waals surface area contributed by atoms with Crippen LogP contribution in [0.25, 0.3) is 0 Å². The van der Waals surface area contributed by atoms with Crippen LogP contribution >= 0.6 is 0 Å². The molecular formula is C20H30FN3O3S. The van der Waals surface area contributed by atoms with Crippen LogP contribution in [0.1, 0.15) is 40.2 Å². The summed E-state index contributed by atoms with van der Waals surface area (Å²) in [5.41, 5.74) is 0.747. The van der Waals surface area contributed by atoms with Crippen LogP contribution in [-0.2, 0) is 20.0 Å². The first-order valence-electron chi connectivity index (χ1n) is 9.77. The Hall–Kier alpha value is -1.51. The average molecular weight is 412 g/mol. The SMILES string of the molecule is CC1CN(CC(=O)N2CC(C)(C)c3cc(F)c(S(=O)(=O)C(C)C)cc32)CCN1. The van der Waals surface area contributed by atoms with E-state index in [4.69, 9.17) is 0 Å². The van der Waals surface area contributed by atoms with Gasteiger partial charge in [0.2, 0.25) is 5.91 Å². The molecule has 28 heavy (non-hydrogen) atoms. The topological polar surface area (TPSA) is 69.7 Å². The van der Waals surface area contributed by atoms with Gasteiger partial charge in [-0.2, -0.15) is 0 Å². The molecule has 0 saturated carbocycles. The summed E-state index contributed by atoms with van der Waals surface area (Å²) in [5.74, 6) is -0.828. The predicted molar refractivity (Wildman–Crippen MR) is 108 cm³/mol. The van der Waals surface area contributed by atoms with Crippen molar-refractivity contribution in [3.8, 4) is 0 Å². The standard InChI is InChI=1S/C20H30FN3O3S/c1-13(2)28(26,27)18-9-17-15(8-16(18)21)20(4,5)12-24(17)19(25)11-23-7-6-22-14(3)10-23/h8-9,13-14,22H,6-7,10-12H2,1-5H3. The van der Waals surface area contributed by atoms with E-state index in [1.165, 1.54) is 26.0 Å². The van der Waals surface area contributed by atoms with Gasteiger partial charge in [-0.25, -0.2) is 12.8 Å². The largest absolute Gasteiger partial charge is 0.312 e. The van der Waals surface area contributed by atoms with Crippen molar-refractivity contribution in [2.75, 3.05) is 37.6 Å². The van der Waals surface area contributed by atoms with Crippen LogP contribution in [0, 0.1) is 5.82 Å². The third-order valence-electron chi connectivity index (χ3n) is 5.66. The maximum Gasteiger partial charge on any atom is 0.241 e. The summed E-state index contributed by atoms with van der Waals surface area (Å²) in [7, 11) is -3.78. The van der Waals surface area contributed by atoms with Crippen LogP contribution in [0.4, 0.5) is 10.1 Å². The average Bonchev–Trinajstić information content (AvgIpc) is 2.85. The second-order valence-corrected chi connectivity index (χ2v) is 11.3. The van der Waals surface area contributed by atoms with E-state index in [0.29, 0.717) is 23.8 Å². The number of carbonyl (C=O) groups excluding carboxylic acids is 1. The zero-order valence-electron chi connectivity index (χ0n) is 17.3. The summed E-state index contributed by atoms with van der Waals surface area (Å²) in [6.07, 6.45) is 0. The molecule has 1 N–H and O–H groups in total. The zero-order chi connectivity index (χ0) is 20.9. The lowest BCUT2D eigenvalue weighted by Gasteiger charge is -2.32. The number of halogens is 1. The number of hydrogen-bond donors (Lipinski definition) is 1. The number of amides is 1. The minimum atomic E-state index is -3.78. The van der Waals surface area contributed by atoms with Crippen molar-refractivity contribution < 1.29 is 17.6 Å². The third-order valence-corrected chi connectivity index (χ3v) is 7.83. The molecule has 8 heteroatoms. The molecule has 156 valence electrons. The Kier molecular flexibility index (Phi) is 5.59. The van der Waals surface area contributed by atoms with E-state index in [9.17, 15) is 17.6 Å². The molecule has 0 spiro atoms. The molecule has 0 aromatic heterocycles. The number of hydrogen-bond acceptors (Lipinski definition) is 5. The number of fused-ring (bicyclic) bond motifs is 1. The number of rotatable bonds is 4. The van der Waals surface area contributed by atoms with E-state index in [-0.39, 0.29) is 17.3 Å². The van der Waals surface area contributed by atoms with Crippen molar-refractivity contribution in [3.05, 3.63) is 23.5 Å². The summed E-state index contributed by atoms with van der Waals surface area (Å²) in [4.78, 5) is 16.5. The molecule has 2 heterocycles. The number of nitrogens with one attached hydrogen (secondary N) is 1. The Balaban J connectivity index is 1.96. The summed E-state index contributed by atoms with van der Waals surface area (Å²) in [6.45, 7) is 12.1. The summed E-state index contributed by atoms with van der Waals surface area (Å²) in [6, 6.07) is 2.97. The van der Waals surface area contributed by atoms with Gasteiger partial charge >= 0.3 is 0 Å². The molecule has 1 aromatic rings. The van der Waals surface area contributed by atoms with Crippen LogP contribution < -0.4 is 10.2 Å². The second-order valence-electron chi connectivity index (χ2n) is 8.85. The fourth-order valence-electron chi connectivity index (χ4n) is 4.00. The van der Waals surface area contributed by atoms with Gasteiger partial charge in [0.1, 0.15) is 10.7 Å². The van der Waals surface area contributed by atoms with Crippen LogP contribution in [-0.4, -0.2) is 63.2 Å². The van der Waals surface area contributed by atoms with Crippen molar-refractivity contribution in [2.45, 2.75) is 56.2 Å². The van der Waals surface area contributed by atoms with Crippen molar-refractivity contribution in [3.63, 3.8) is 0 Å². The van der Waals surface area contributed by atoms with Crippen molar-refractivity contribution in [1.29, 1.82) is 0 Å². The second kappa shape index (κ2) is 7.39. The van der Waals surface area contributed by atoms with Crippen LogP contribution in [0.5, 0.6) is 0 Å². The minimum absolute atomic E-state index is 0.0829. The van der Waals surface area contributed by atoms with Gasteiger partial charge in [0.25, 0.3) is 0 Å². The highest BCUT2D eigenvalue weighted by Crippen LogP contribution is 2.43. The molecule has 1 atom stereocenters. The van der Waals surface area contributed by atoms with Gasteiger partial charge in [0, 0.05) is 43.3 Å². The minimum Gasteiger partial charge on any atom is -0.312 e. The van der Waals surface area contributed by atoms with Gasteiger partial charge in [-0.05, 0) is 38.5 Å². The molecule has 0 aliphatic carbocycles. The van der Waals surface area contributed by atoms with Gasteiger partial charge < -0.3 is 10.2 Å². The third kappa shape index (κ3) is 3.82. The lowest BCUT2D eigenvalue weighted by molar-refractivity contribution is -0.120. The highest BCUT2D eigenvalue weighted by molar-refractivity contribution is 7.92. The lowest BCUT2D eigenvalue weighted by Crippen LogP contribution is -2.52. The van der Waals surface area contributed by atoms with Crippen molar-refractivity contribution in [2.24, 2.45) is 0 Å². The number of sulfone groups is 1. The molecular weight excluding hydrogens is 381 g/mol. The van der Waals surface area contributed by atoms with E-state index < -0.39 is 26.3 Å². The molecule has 3 rings (SSSR count). The highest BCUT2D eigenvalue weighted by Gasteiger charge is 2.40. The van der Waals surface area contributed by atoms with E-state index in [1.807, 2.05) is 13.8 Å². The van der Waals surface area contributed by atoms with Gasteiger partial charge in [0.15, 0.2) is 9.84 Å². The molecule has 0 radical (unpaired) electrons. The predicted octanol–water partition coefficient (Wildman–Crippen LogP) is 1.93. The Morgan fingerprint density at radius 2 is 2.04 bits per heavy atom. The molecule has 1 aromatic carbocycles. The first-order chi connectivity index (χ1) is 12.9. The van der Waals surface area contributed by atoms with E-state index >= 15 is 0 Å². The van der Waals surface area contributed by atoms with E-state index in [1.54, 1.807) is 4.90 Å². The molecule has 2 aliphatic rings. The Bertz CT molecular complexity index is 883. The number of nitrogens with zero attached hydrogens (tertiary/aromatic N) is 2. The molecule has 2 aliphatic heterocycles. The Morgan fingerprint density at radius 3 is 2.64 bits per heavy atom. The maximum absolute atomic E-state index is 14.7. The van der Waals surface area contributed by atoms with E-state index in [2.05, 4.69) is 17.1 Å². The van der Waals surface area contributed by atoms with Gasteiger partial charge in [-0.3, -0.25) is 9.69 Å². The van der Waals surface area contributed by atoms with Gasteiger partial charge in [0.05, 0.1) is 11.8 Å². The van der Waals surface area contributed by atoms with Crippen molar-refractivity contribution in [1.82, 2.24) is 10.2 Å². The summed E-state index contributed by atoms with van der Waals surface area (Å²) >= 11 is 0. The molecule has 1 unspecified atom stereocenters. The van der Waals surface area contributed by atoms with Gasteiger partial charge in [-0.1, -0.05) is 13.8 Å². The van der Waals surface area contributed by atoms with Crippen LogP contribution in [0.3, 0.4) is 0 Å². The first-order valence-corrected chi connectivity index (χ1v) is 11.3. The number of anilines is 1. The van der Waals surface area contributed by atoms with Crippen LogP contribution in [0.15, 0.2) is 17.0 Å². The van der Waals surface area contributed by atoms with Crippen LogP contribution in [0.2, 0.25) is 0 Å². The monoisotopic (exact) mass is 411 g/mol. The number of piperazine rings is 1. The molecule has 1 amide bonds. The highest BCUT2D eigenvalue weighted by atomic mass is 32.2. The molecule has 1 saturated heterocycles. The molecule has 6 nitrogen and oxygen atoms in total. The maximum atomic E-state index is 14.7. The van der Waals surface area contributed by atoms with Gasteiger partial charge in [-0.15, -0.1) is 0 Å².